The summed E-state index contributed by atoms with van der Waals surface area (Å²) in [5.74, 6) is -2.01. The Morgan fingerprint density at radius 2 is 2.19 bits per heavy atom. The molecule has 0 aliphatic rings. The van der Waals surface area contributed by atoms with Gasteiger partial charge in [-0.2, -0.15) is 0 Å². The molecule has 0 fully saturated rings. The smallest absolute Gasteiger partial charge is 0.335 e. The molecular formula is C13H11FN2O4S. The van der Waals surface area contributed by atoms with Gasteiger partial charge in [0.1, 0.15) is 5.82 Å². The molecule has 0 spiro atoms. The summed E-state index contributed by atoms with van der Waals surface area (Å²) in [6.07, 6.45) is 0. The average Bonchev–Trinajstić information content (AvgIpc) is 2.82. The molecule has 1 aromatic carbocycles. The van der Waals surface area contributed by atoms with Crippen molar-refractivity contribution in [2.45, 2.75) is 11.8 Å². The van der Waals surface area contributed by atoms with E-state index in [-0.39, 0.29) is 22.1 Å². The Labute approximate surface area is 123 Å². The molecule has 2 aromatic rings. The minimum absolute atomic E-state index is 0.0369. The van der Waals surface area contributed by atoms with Crippen molar-refractivity contribution in [1.82, 2.24) is 5.16 Å². The van der Waals surface area contributed by atoms with Gasteiger partial charge < -0.3 is 9.63 Å². The van der Waals surface area contributed by atoms with Crippen LogP contribution in [-0.2, 0) is 4.79 Å². The zero-order valence-corrected chi connectivity index (χ0v) is 11.7. The number of nitrogens with one attached hydrogen (secondary N) is 1. The van der Waals surface area contributed by atoms with Crippen molar-refractivity contribution in [3.8, 4) is 0 Å². The number of rotatable bonds is 5. The van der Waals surface area contributed by atoms with E-state index in [1.807, 2.05) is 0 Å². The zero-order chi connectivity index (χ0) is 15.4. The molecular weight excluding hydrogens is 299 g/mol. The van der Waals surface area contributed by atoms with Crippen LogP contribution >= 0.6 is 11.8 Å². The summed E-state index contributed by atoms with van der Waals surface area (Å²) >= 11 is 0.900. The number of thioether (sulfide) groups is 1. The summed E-state index contributed by atoms with van der Waals surface area (Å²) < 4.78 is 18.4. The Kier molecular flexibility index (Phi) is 4.59. The monoisotopic (exact) mass is 310 g/mol. The van der Waals surface area contributed by atoms with Crippen LogP contribution in [0.4, 0.5) is 10.3 Å². The van der Waals surface area contributed by atoms with Crippen LogP contribution in [0, 0.1) is 12.7 Å². The van der Waals surface area contributed by atoms with Crippen LogP contribution in [-0.4, -0.2) is 27.9 Å². The predicted octanol–water partition coefficient (Wildman–Crippen LogP) is 2.55. The third-order valence-corrected chi connectivity index (χ3v) is 3.46. The summed E-state index contributed by atoms with van der Waals surface area (Å²) in [5.41, 5.74) is 0.586. The van der Waals surface area contributed by atoms with Crippen LogP contribution < -0.4 is 5.32 Å². The number of aromatic carboxylic acids is 1. The number of amides is 1. The number of carboxylic acids is 1. The van der Waals surface area contributed by atoms with E-state index < -0.39 is 17.7 Å². The topological polar surface area (TPSA) is 92.4 Å². The van der Waals surface area contributed by atoms with Gasteiger partial charge in [-0.05, 0) is 25.1 Å². The molecule has 0 saturated heterocycles. The van der Waals surface area contributed by atoms with Gasteiger partial charge in [-0.25, -0.2) is 9.18 Å². The SMILES string of the molecule is Cc1cc(NC(=O)CSc2cc(C(=O)O)ccc2F)on1. The third-order valence-electron chi connectivity index (χ3n) is 2.43. The average molecular weight is 310 g/mol. The first-order valence-corrected chi connectivity index (χ1v) is 6.83. The van der Waals surface area contributed by atoms with E-state index in [2.05, 4.69) is 10.5 Å². The summed E-state index contributed by atoms with van der Waals surface area (Å²) in [5, 5.41) is 14.9. The second-order valence-electron chi connectivity index (χ2n) is 4.12. The molecule has 2 rings (SSSR count). The molecule has 6 nitrogen and oxygen atoms in total. The van der Waals surface area contributed by atoms with E-state index in [0.717, 1.165) is 17.8 Å². The number of aryl methyl sites for hydroxylation is 1. The summed E-state index contributed by atoms with van der Waals surface area (Å²) in [7, 11) is 0. The molecule has 0 unspecified atom stereocenters. The van der Waals surface area contributed by atoms with Gasteiger partial charge in [-0.1, -0.05) is 5.16 Å². The second kappa shape index (κ2) is 6.40. The standard InChI is InChI=1S/C13H11FN2O4S/c1-7-4-12(20-16-7)15-11(17)6-21-10-5-8(13(18)19)2-3-9(10)14/h2-5H,6H2,1H3,(H,15,17)(H,18,19). The first kappa shape index (κ1) is 15.0. The van der Waals surface area contributed by atoms with Crippen LogP contribution in [0.2, 0.25) is 0 Å². The van der Waals surface area contributed by atoms with E-state index in [4.69, 9.17) is 9.63 Å². The molecule has 0 radical (unpaired) electrons. The van der Waals surface area contributed by atoms with Crippen LogP contribution in [0.3, 0.4) is 0 Å². The number of carbonyl (C=O) groups is 2. The fourth-order valence-electron chi connectivity index (χ4n) is 1.49. The molecule has 0 aliphatic heterocycles. The maximum Gasteiger partial charge on any atom is 0.335 e. The number of carboxylic acid groups (broad SMARTS) is 1. The normalized spacial score (nSPS) is 10.4. The minimum Gasteiger partial charge on any atom is -0.478 e. The number of hydrogen-bond acceptors (Lipinski definition) is 5. The van der Waals surface area contributed by atoms with Crippen LogP contribution in [0.15, 0.2) is 33.7 Å². The van der Waals surface area contributed by atoms with Gasteiger partial charge >= 0.3 is 5.97 Å². The Bertz CT molecular complexity index is 687. The Morgan fingerprint density at radius 1 is 1.43 bits per heavy atom. The highest BCUT2D eigenvalue weighted by molar-refractivity contribution is 8.00. The van der Waals surface area contributed by atoms with Crippen molar-refractivity contribution < 1.29 is 23.6 Å². The fraction of sp³-hybridized carbons (Fsp3) is 0.154. The van der Waals surface area contributed by atoms with Gasteiger partial charge in [0.05, 0.1) is 17.0 Å². The van der Waals surface area contributed by atoms with Crippen LogP contribution in [0.25, 0.3) is 0 Å². The number of benzene rings is 1. The number of anilines is 1. The lowest BCUT2D eigenvalue weighted by atomic mass is 10.2. The molecule has 0 bridgehead atoms. The minimum atomic E-state index is -1.15. The molecule has 8 heteroatoms. The van der Waals surface area contributed by atoms with E-state index in [1.54, 1.807) is 13.0 Å². The molecule has 110 valence electrons. The van der Waals surface area contributed by atoms with Gasteiger partial charge in [0.25, 0.3) is 0 Å². The lowest BCUT2D eigenvalue weighted by molar-refractivity contribution is -0.113. The maximum atomic E-state index is 13.5. The van der Waals surface area contributed by atoms with Crippen molar-refractivity contribution in [2.75, 3.05) is 11.1 Å². The van der Waals surface area contributed by atoms with Crippen LogP contribution in [0.5, 0.6) is 0 Å². The van der Waals surface area contributed by atoms with E-state index >= 15 is 0 Å². The molecule has 0 aliphatic carbocycles. The van der Waals surface area contributed by atoms with E-state index in [9.17, 15) is 14.0 Å². The highest BCUT2D eigenvalue weighted by Gasteiger charge is 2.12. The number of hydrogen-bond donors (Lipinski definition) is 2. The summed E-state index contributed by atoms with van der Waals surface area (Å²) in [6, 6.07) is 4.96. The first-order chi connectivity index (χ1) is 9.95. The maximum absolute atomic E-state index is 13.5. The van der Waals surface area contributed by atoms with Crippen molar-refractivity contribution >= 4 is 29.5 Å². The molecule has 1 amide bonds. The highest BCUT2D eigenvalue weighted by atomic mass is 32.2. The van der Waals surface area contributed by atoms with Gasteiger partial charge in [-0.3, -0.25) is 10.1 Å². The molecule has 1 heterocycles. The van der Waals surface area contributed by atoms with Crippen molar-refractivity contribution in [3.63, 3.8) is 0 Å². The lowest BCUT2D eigenvalue weighted by Crippen LogP contribution is -2.13. The summed E-state index contributed by atoms with van der Waals surface area (Å²) in [6.45, 7) is 1.71. The third kappa shape index (κ3) is 4.06. The van der Waals surface area contributed by atoms with E-state index in [1.165, 1.54) is 12.1 Å². The van der Waals surface area contributed by atoms with Crippen molar-refractivity contribution in [1.29, 1.82) is 0 Å². The Balaban J connectivity index is 1.97. The van der Waals surface area contributed by atoms with Crippen molar-refractivity contribution in [3.05, 3.63) is 41.3 Å². The Morgan fingerprint density at radius 3 is 2.81 bits per heavy atom. The van der Waals surface area contributed by atoms with E-state index in [0.29, 0.717) is 5.69 Å². The number of aromatic nitrogens is 1. The fourth-order valence-corrected chi connectivity index (χ4v) is 2.26. The number of nitrogens with zero attached hydrogens (tertiary/aromatic N) is 1. The van der Waals surface area contributed by atoms with Gasteiger partial charge in [0, 0.05) is 11.0 Å². The lowest BCUT2D eigenvalue weighted by Gasteiger charge is -2.04. The van der Waals surface area contributed by atoms with Crippen LogP contribution in [0.1, 0.15) is 16.1 Å². The first-order valence-electron chi connectivity index (χ1n) is 5.84. The molecule has 21 heavy (non-hydrogen) atoms. The zero-order valence-electron chi connectivity index (χ0n) is 10.9. The largest absolute Gasteiger partial charge is 0.478 e. The number of carbonyl (C=O) groups excluding carboxylic acids is 1. The molecule has 1 aromatic heterocycles. The summed E-state index contributed by atoms with van der Waals surface area (Å²) in [4.78, 5) is 22.6. The van der Waals surface area contributed by atoms with Crippen molar-refractivity contribution in [2.24, 2.45) is 0 Å². The molecule has 2 N–H and O–H groups in total. The predicted molar refractivity (Wildman–Crippen MR) is 74.0 cm³/mol. The number of halogens is 1. The molecule has 0 atom stereocenters. The second-order valence-corrected chi connectivity index (χ2v) is 5.14. The van der Waals surface area contributed by atoms with Gasteiger partial charge in [-0.15, -0.1) is 11.8 Å². The van der Waals surface area contributed by atoms with Gasteiger partial charge in [0.15, 0.2) is 0 Å². The molecule has 0 saturated carbocycles. The quantitative estimate of drug-likeness (QED) is 0.825. The Hall–Kier alpha value is -2.35. The highest BCUT2D eigenvalue weighted by Crippen LogP contribution is 2.23. The van der Waals surface area contributed by atoms with Gasteiger partial charge in [0.2, 0.25) is 11.8 Å².